The van der Waals surface area contributed by atoms with Gasteiger partial charge in [-0.2, -0.15) is 5.10 Å². The van der Waals surface area contributed by atoms with Crippen LogP contribution in [-0.2, 0) is 13.5 Å². The maximum absolute atomic E-state index is 14.0. The van der Waals surface area contributed by atoms with E-state index in [-0.39, 0.29) is 11.9 Å². The van der Waals surface area contributed by atoms with Crippen molar-refractivity contribution in [3.05, 3.63) is 47.5 Å². The molecule has 0 saturated heterocycles. The van der Waals surface area contributed by atoms with Gasteiger partial charge in [0, 0.05) is 31.3 Å². The van der Waals surface area contributed by atoms with Crippen molar-refractivity contribution in [2.24, 2.45) is 12.9 Å². The van der Waals surface area contributed by atoms with Crippen LogP contribution in [0.25, 0.3) is 0 Å². The minimum Gasteiger partial charge on any atom is -0.497 e. The van der Waals surface area contributed by atoms with Gasteiger partial charge in [0.05, 0.1) is 18.8 Å². The Hall–Kier alpha value is -1.92. The number of methoxy groups -OCH3 is 1. The Labute approximate surface area is 111 Å². The number of hydrogen-bond donors (Lipinski definition) is 2. The monoisotopic (exact) mass is 264 g/mol. The molecule has 0 aliphatic rings. The van der Waals surface area contributed by atoms with Crippen LogP contribution < -0.4 is 16.0 Å². The molecule has 5 nitrogen and oxygen atoms in total. The molecule has 2 rings (SSSR count). The summed E-state index contributed by atoms with van der Waals surface area (Å²) >= 11 is 0. The molecule has 0 aliphatic heterocycles. The number of ether oxygens (including phenoxy) is 1. The van der Waals surface area contributed by atoms with Gasteiger partial charge in [-0.15, -0.1) is 0 Å². The number of hydrogen-bond acceptors (Lipinski definition) is 4. The Bertz CT molecular complexity index is 555. The highest BCUT2D eigenvalue weighted by molar-refractivity contribution is 5.31. The minimum absolute atomic E-state index is 0.333. The molecule has 6 heteroatoms. The molecule has 0 saturated carbocycles. The SMILES string of the molecule is COc1ccc(C(Cc2ccn(C)n2)NN)c(F)c1. The molecule has 3 N–H and O–H groups in total. The summed E-state index contributed by atoms with van der Waals surface area (Å²) in [6.07, 6.45) is 2.36. The van der Waals surface area contributed by atoms with E-state index < -0.39 is 0 Å². The maximum atomic E-state index is 14.0. The van der Waals surface area contributed by atoms with Crippen molar-refractivity contribution in [2.45, 2.75) is 12.5 Å². The number of halogens is 1. The van der Waals surface area contributed by atoms with E-state index in [1.165, 1.54) is 13.2 Å². The van der Waals surface area contributed by atoms with Crippen LogP contribution in [-0.4, -0.2) is 16.9 Å². The minimum atomic E-state index is -0.349. The van der Waals surface area contributed by atoms with Gasteiger partial charge in [0.1, 0.15) is 11.6 Å². The first-order valence-corrected chi connectivity index (χ1v) is 5.92. The molecule has 19 heavy (non-hydrogen) atoms. The Morgan fingerprint density at radius 3 is 2.79 bits per heavy atom. The first kappa shape index (κ1) is 13.5. The first-order chi connectivity index (χ1) is 9.13. The van der Waals surface area contributed by atoms with Crippen molar-refractivity contribution in [3.8, 4) is 5.75 Å². The highest BCUT2D eigenvalue weighted by Crippen LogP contribution is 2.23. The predicted molar refractivity (Wildman–Crippen MR) is 69.9 cm³/mol. The molecule has 0 aliphatic carbocycles. The zero-order valence-electron chi connectivity index (χ0n) is 10.9. The van der Waals surface area contributed by atoms with E-state index in [2.05, 4.69) is 10.5 Å². The van der Waals surface area contributed by atoms with Gasteiger partial charge in [-0.05, 0) is 12.1 Å². The average molecular weight is 264 g/mol. The highest BCUT2D eigenvalue weighted by atomic mass is 19.1. The van der Waals surface area contributed by atoms with Gasteiger partial charge in [0.2, 0.25) is 0 Å². The zero-order chi connectivity index (χ0) is 13.8. The Kier molecular flexibility index (Phi) is 4.13. The van der Waals surface area contributed by atoms with Crippen LogP contribution in [0.1, 0.15) is 17.3 Å². The van der Waals surface area contributed by atoms with Gasteiger partial charge in [0.25, 0.3) is 0 Å². The molecule has 0 fully saturated rings. The summed E-state index contributed by atoms with van der Waals surface area (Å²) in [5, 5.41) is 4.26. The fraction of sp³-hybridized carbons (Fsp3) is 0.308. The van der Waals surface area contributed by atoms with Crippen LogP contribution in [0.5, 0.6) is 5.75 Å². The van der Waals surface area contributed by atoms with Gasteiger partial charge in [0.15, 0.2) is 0 Å². The van der Waals surface area contributed by atoms with Crippen LogP contribution in [0.2, 0.25) is 0 Å². The van der Waals surface area contributed by atoms with Gasteiger partial charge in [-0.1, -0.05) is 6.07 Å². The van der Waals surface area contributed by atoms with Crippen molar-refractivity contribution in [2.75, 3.05) is 7.11 Å². The predicted octanol–water partition coefficient (Wildman–Crippen LogP) is 1.31. The average Bonchev–Trinajstić information content (AvgIpc) is 2.81. The van der Waals surface area contributed by atoms with Gasteiger partial charge in [-0.3, -0.25) is 16.0 Å². The van der Waals surface area contributed by atoms with E-state index in [1.54, 1.807) is 16.8 Å². The summed E-state index contributed by atoms with van der Waals surface area (Å²) in [7, 11) is 3.34. The number of rotatable bonds is 5. The second kappa shape index (κ2) is 5.81. The van der Waals surface area contributed by atoms with Gasteiger partial charge in [-0.25, -0.2) is 4.39 Å². The molecule has 0 amide bonds. The van der Waals surface area contributed by atoms with E-state index in [1.807, 2.05) is 19.3 Å². The lowest BCUT2D eigenvalue weighted by atomic mass is 10.0. The third-order valence-corrected chi connectivity index (χ3v) is 2.97. The molecule has 1 aromatic carbocycles. The van der Waals surface area contributed by atoms with E-state index in [9.17, 15) is 4.39 Å². The van der Waals surface area contributed by atoms with Crippen molar-refractivity contribution < 1.29 is 9.13 Å². The third-order valence-electron chi connectivity index (χ3n) is 2.97. The molecule has 2 aromatic rings. The molecule has 102 valence electrons. The van der Waals surface area contributed by atoms with Gasteiger partial charge >= 0.3 is 0 Å². The first-order valence-electron chi connectivity index (χ1n) is 5.92. The smallest absolute Gasteiger partial charge is 0.131 e. The summed E-state index contributed by atoms with van der Waals surface area (Å²) in [5.74, 6) is 5.65. The quantitative estimate of drug-likeness (QED) is 0.631. The third kappa shape index (κ3) is 3.10. The van der Waals surface area contributed by atoms with E-state index in [0.29, 0.717) is 17.7 Å². The lowest BCUT2D eigenvalue weighted by Crippen LogP contribution is -2.30. The molecular formula is C13H17FN4O. The molecule has 0 radical (unpaired) electrons. The molecule has 1 unspecified atom stereocenters. The molecule has 0 bridgehead atoms. The number of hydrazine groups is 1. The van der Waals surface area contributed by atoms with Crippen molar-refractivity contribution >= 4 is 0 Å². The van der Waals surface area contributed by atoms with E-state index >= 15 is 0 Å². The molecule has 0 spiro atoms. The largest absolute Gasteiger partial charge is 0.497 e. The standard InChI is InChI=1S/C13H17FN4O/c1-18-6-5-9(17-18)7-13(16-15)11-4-3-10(19-2)8-12(11)14/h3-6,8,13,16H,7,15H2,1-2H3. The highest BCUT2D eigenvalue weighted by Gasteiger charge is 2.16. The molecule has 1 heterocycles. The number of nitrogens with two attached hydrogens (primary N) is 1. The lowest BCUT2D eigenvalue weighted by Gasteiger charge is -2.16. The van der Waals surface area contributed by atoms with Crippen LogP contribution in [0.4, 0.5) is 4.39 Å². The summed E-state index contributed by atoms with van der Waals surface area (Å²) in [4.78, 5) is 0. The summed E-state index contributed by atoms with van der Waals surface area (Å²) in [6, 6.07) is 6.27. The molecular weight excluding hydrogens is 247 g/mol. The van der Waals surface area contributed by atoms with E-state index in [4.69, 9.17) is 10.6 Å². The van der Waals surface area contributed by atoms with Gasteiger partial charge < -0.3 is 4.74 Å². The normalized spacial score (nSPS) is 12.4. The number of benzene rings is 1. The number of aromatic nitrogens is 2. The number of nitrogens with one attached hydrogen (secondary N) is 1. The number of nitrogens with zero attached hydrogens (tertiary/aromatic N) is 2. The van der Waals surface area contributed by atoms with Crippen LogP contribution >= 0.6 is 0 Å². The van der Waals surface area contributed by atoms with Crippen molar-refractivity contribution in [1.29, 1.82) is 0 Å². The van der Waals surface area contributed by atoms with Crippen LogP contribution in [0.15, 0.2) is 30.5 Å². The van der Waals surface area contributed by atoms with Crippen molar-refractivity contribution in [3.63, 3.8) is 0 Å². The van der Waals surface area contributed by atoms with Crippen LogP contribution in [0.3, 0.4) is 0 Å². The topological polar surface area (TPSA) is 65.1 Å². The maximum Gasteiger partial charge on any atom is 0.131 e. The molecule has 1 aromatic heterocycles. The Morgan fingerprint density at radius 1 is 1.47 bits per heavy atom. The Balaban J connectivity index is 2.21. The zero-order valence-corrected chi connectivity index (χ0v) is 10.9. The van der Waals surface area contributed by atoms with E-state index in [0.717, 1.165) is 5.69 Å². The lowest BCUT2D eigenvalue weighted by molar-refractivity contribution is 0.409. The second-order valence-electron chi connectivity index (χ2n) is 4.29. The van der Waals surface area contributed by atoms with Crippen molar-refractivity contribution in [1.82, 2.24) is 15.2 Å². The fourth-order valence-electron chi connectivity index (χ4n) is 1.96. The molecule has 1 atom stereocenters. The summed E-state index contributed by atoms with van der Waals surface area (Å²) < 4.78 is 20.7. The summed E-state index contributed by atoms with van der Waals surface area (Å²) in [5.41, 5.74) is 3.97. The van der Waals surface area contributed by atoms with Crippen LogP contribution in [0, 0.1) is 5.82 Å². The summed E-state index contributed by atoms with van der Waals surface area (Å²) in [6.45, 7) is 0. The number of aryl methyl sites for hydroxylation is 1. The fourth-order valence-corrected chi connectivity index (χ4v) is 1.96. The Morgan fingerprint density at radius 2 is 2.26 bits per heavy atom. The second-order valence-corrected chi connectivity index (χ2v) is 4.29.